The number of benzene rings is 2. The summed E-state index contributed by atoms with van der Waals surface area (Å²) in [5, 5.41) is 9.27. The first-order chi connectivity index (χ1) is 13.6. The van der Waals surface area contributed by atoms with Crippen molar-refractivity contribution in [3.63, 3.8) is 0 Å². The van der Waals surface area contributed by atoms with Gasteiger partial charge < -0.3 is 14.0 Å². The van der Waals surface area contributed by atoms with E-state index in [4.69, 9.17) is 9.47 Å². The number of Topliss-reactive ketones (excluding diaryl/α,β-unsaturated/α-hetero) is 1. The predicted molar refractivity (Wildman–Crippen MR) is 109 cm³/mol. The van der Waals surface area contributed by atoms with E-state index >= 15 is 0 Å². The molecule has 146 valence electrons. The fourth-order valence-electron chi connectivity index (χ4n) is 2.77. The maximum Gasteiger partial charge on any atom is 0.191 e. The SMILES string of the molecule is CCn1c(SCC(=O)c2cccc(OC)c2)nnc1C(C)Oc1ccccc1. The number of rotatable bonds is 9. The number of hydrogen-bond donors (Lipinski definition) is 0. The summed E-state index contributed by atoms with van der Waals surface area (Å²) in [4.78, 5) is 12.5. The van der Waals surface area contributed by atoms with E-state index in [-0.39, 0.29) is 17.6 Å². The number of aromatic nitrogens is 3. The van der Waals surface area contributed by atoms with Crippen LogP contribution in [0.15, 0.2) is 59.8 Å². The Balaban J connectivity index is 1.68. The van der Waals surface area contributed by atoms with Gasteiger partial charge in [0.25, 0.3) is 0 Å². The largest absolute Gasteiger partial charge is 0.497 e. The van der Waals surface area contributed by atoms with Gasteiger partial charge in [0.15, 0.2) is 22.9 Å². The lowest BCUT2D eigenvalue weighted by Gasteiger charge is -2.15. The zero-order chi connectivity index (χ0) is 19.9. The second kappa shape index (κ2) is 9.41. The molecule has 0 aliphatic heterocycles. The number of ether oxygens (including phenoxy) is 2. The van der Waals surface area contributed by atoms with Gasteiger partial charge in [-0.15, -0.1) is 10.2 Å². The molecule has 28 heavy (non-hydrogen) atoms. The van der Waals surface area contributed by atoms with Gasteiger partial charge in [-0.25, -0.2) is 0 Å². The lowest BCUT2D eigenvalue weighted by atomic mass is 10.1. The van der Waals surface area contributed by atoms with Crippen LogP contribution >= 0.6 is 11.8 Å². The van der Waals surface area contributed by atoms with Crippen molar-refractivity contribution in [2.75, 3.05) is 12.9 Å². The molecule has 3 rings (SSSR count). The third kappa shape index (κ3) is 4.72. The molecule has 6 nitrogen and oxygen atoms in total. The van der Waals surface area contributed by atoms with E-state index in [1.54, 1.807) is 19.2 Å². The molecular formula is C21H23N3O3S. The maximum atomic E-state index is 12.5. The van der Waals surface area contributed by atoms with Crippen LogP contribution in [0.25, 0.3) is 0 Å². The van der Waals surface area contributed by atoms with Crippen LogP contribution in [0.4, 0.5) is 0 Å². The Hall–Kier alpha value is -2.80. The van der Waals surface area contributed by atoms with E-state index in [0.29, 0.717) is 23.0 Å². The van der Waals surface area contributed by atoms with Crippen LogP contribution in [0.2, 0.25) is 0 Å². The average molecular weight is 398 g/mol. The first kappa shape index (κ1) is 19.9. The Morgan fingerprint density at radius 2 is 1.86 bits per heavy atom. The van der Waals surface area contributed by atoms with E-state index < -0.39 is 0 Å². The number of nitrogens with zero attached hydrogens (tertiary/aromatic N) is 3. The van der Waals surface area contributed by atoms with Gasteiger partial charge in [0.1, 0.15) is 11.5 Å². The van der Waals surface area contributed by atoms with Gasteiger partial charge >= 0.3 is 0 Å². The minimum absolute atomic E-state index is 0.0182. The number of para-hydroxylation sites is 1. The van der Waals surface area contributed by atoms with Gasteiger partial charge in [-0.3, -0.25) is 4.79 Å². The van der Waals surface area contributed by atoms with E-state index in [9.17, 15) is 4.79 Å². The molecule has 7 heteroatoms. The summed E-state index contributed by atoms with van der Waals surface area (Å²) in [7, 11) is 1.59. The second-order valence-corrected chi connectivity index (χ2v) is 7.04. The lowest BCUT2D eigenvalue weighted by molar-refractivity contribution is 0.102. The normalized spacial score (nSPS) is 11.8. The van der Waals surface area contributed by atoms with Gasteiger partial charge in [-0.1, -0.05) is 42.1 Å². The number of hydrogen-bond acceptors (Lipinski definition) is 6. The monoisotopic (exact) mass is 397 g/mol. The van der Waals surface area contributed by atoms with Crippen molar-refractivity contribution in [1.29, 1.82) is 0 Å². The predicted octanol–water partition coefficient (Wildman–Crippen LogP) is 4.42. The van der Waals surface area contributed by atoms with Crippen LogP contribution in [0.3, 0.4) is 0 Å². The molecule has 1 atom stereocenters. The number of thioether (sulfide) groups is 1. The first-order valence-corrected chi connectivity index (χ1v) is 10.1. The molecule has 0 N–H and O–H groups in total. The highest BCUT2D eigenvalue weighted by atomic mass is 32.2. The Kier molecular flexibility index (Phi) is 6.71. The third-order valence-corrected chi connectivity index (χ3v) is 5.17. The summed E-state index contributed by atoms with van der Waals surface area (Å²) in [5.41, 5.74) is 0.621. The van der Waals surface area contributed by atoms with Gasteiger partial charge in [0, 0.05) is 12.1 Å². The molecule has 0 spiro atoms. The highest BCUT2D eigenvalue weighted by Crippen LogP contribution is 2.25. The Morgan fingerprint density at radius 1 is 1.11 bits per heavy atom. The number of methoxy groups -OCH3 is 1. The van der Waals surface area contributed by atoms with Crippen molar-refractivity contribution in [2.45, 2.75) is 31.7 Å². The Labute approximate surface area is 168 Å². The van der Waals surface area contributed by atoms with E-state index in [1.807, 2.05) is 60.9 Å². The summed E-state index contributed by atoms with van der Waals surface area (Å²) < 4.78 is 13.1. The molecular weight excluding hydrogens is 374 g/mol. The summed E-state index contributed by atoms with van der Waals surface area (Å²) >= 11 is 1.38. The number of ketones is 1. The Morgan fingerprint density at radius 3 is 2.57 bits per heavy atom. The van der Waals surface area contributed by atoms with E-state index in [1.165, 1.54) is 11.8 Å². The summed E-state index contributed by atoms with van der Waals surface area (Å²) in [6.07, 6.45) is -0.252. The molecule has 0 bridgehead atoms. The van der Waals surface area contributed by atoms with Gasteiger partial charge in [0.05, 0.1) is 12.9 Å². The molecule has 0 aliphatic carbocycles. The highest BCUT2D eigenvalue weighted by Gasteiger charge is 2.19. The fourth-order valence-corrected chi connectivity index (χ4v) is 3.67. The van der Waals surface area contributed by atoms with Crippen molar-refractivity contribution in [3.8, 4) is 11.5 Å². The zero-order valence-corrected chi connectivity index (χ0v) is 17.0. The van der Waals surface area contributed by atoms with Crippen molar-refractivity contribution in [3.05, 3.63) is 66.0 Å². The highest BCUT2D eigenvalue weighted by molar-refractivity contribution is 7.99. The van der Waals surface area contributed by atoms with Gasteiger partial charge in [-0.2, -0.15) is 0 Å². The van der Waals surface area contributed by atoms with Crippen LogP contribution in [0.5, 0.6) is 11.5 Å². The van der Waals surface area contributed by atoms with E-state index in [2.05, 4.69) is 10.2 Å². The molecule has 0 saturated carbocycles. The van der Waals surface area contributed by atoms with Crippen molar-refractivity contribution in [1.82, 2.24) is 14.8 Å². The minimum Gasteiger partial charge on any atom is -0.497 e. The summed E-state index contributed by atoms with van der Waals surface area (Å²) in [5.74, 6) is 2.48. The molecule has 1 heterocycles. The zero-order valence-electron chi connectivity index (χ0n) is 16.2. The van der Waals surface area contributed by atoms with Crippen LogP contribution in [0.1, 0.15) is 36.1 Å². The fraction of sp³-hybridized carbons (Fsp3) is 0.286. The van der Waals surface area contributed by atoms with Crippen molar-refractivity contribution < 1.29 is 14.3 Å². The first-order valence-electron chi connectivity index (χ1n) is 9.07. The third-order valence-electron chi connectivity index (χ3n) is 4.21. The maximum absolute atomic E-state index is 12.5. The Bertz CT molecular complexity index is 928. The average Bonchev–Trinajstić information content (AvgIpc) is 3.15. The topological polar surface area (TPSA) is 66.2 Å². The van der Waals surface area contributed by atoms with Gasteiger partial charge in [-0.05, 0) is 38.1 Å². The molecule has 0 radical (unpaired) electrons. The van der Waals surface area contributed by atoms with Crippen LogP contribution < -0.4 is 9.47 Å². The molecule has 1 unspecified atom stereocenters. The molecule has 3 aromatic rings. The molecule has 2 aromatic carbocycles. The number of carbonyl (C=O) groups excluding carboxylic acids is 1. The standard InChI is InChI=1S/C21H23N3O3S/c1-4-24-20(15(2)27-17-10-6-5-7-11-17)22-23-21(24)28-14-19(25)16-9-8-12-18(13-16)26-3/h5-13,15H,4,14H2,1-3H3. The second-order valence-electron chi connectivity index (χ2n) is 6.10. The number of carbonyl (C=O) groups is 1. The molecule has 1 aromatic heterocycles. The van der Waals surface area contributed by atoms with Crippen LogP contribution in [0, 0.1) is 0 Å². The van der Waals surface area contributed by atoms with Crippen molar-refractivity contribution in [2.24, 2.45) is 0 Å². The van der Waals surface area contributed by atoms with Gasteiger partial charge in [0.2, 0.25) is 0 Å². The van der Waals surface area contributed by atoms with Crippen molar-refractivity contribution >= 4 is 17.5 Å². The quantitative estimate of drug-likeness (QED) is 0.393. The lowest BCUT2D eigenvalue weighted by Crippen LogP contribution is -2.12. The molecule has 0 saturated heterocycles. The molecule has 0 aliphatic rings. The summed E-state index contributed by atoms with van der Waals surface area (Å²) in [6, 6.07) is 16.8. The van der Waals surface area contributed by atoms with Crippen LogP contribution in [-0.2, 0) is 6.54 Å². The molecule has 0 amide bonds. The van der Waals surface area contributed by atoms with Crippen LogP contribution in [-0.4, -0.2) is 33.4 Å². The molecule has 0 fully saturated rings. The summed E-state index contributed by atoms with van der Waals surface area (Å²) in [6.45, 7) is 4.66. The van der Waals surface area contributed by atoms with E-state index in [0.717, 1.165) is 11.6 Å². The minimum atomic E-state index is -0.252. The smallest absolute Gasteiger partial charge is 0.191 e.